The summed E-state index contributed by atoms with van der Waals surface area (Å²) in [5.41, 5.74) is -0.811. The lowest BCUT2D eigenvalue weighted by molar-refractivity contribution is 0.0429. The van der Waals surface area contributed by atoms with Gasteiger partial charge in [0.05, 0.1) is 19.0 Å². The van der Waals surface area contributed by atoms with E-state index in [0.29, 0.717) is 17.7 Å². The first-order valence-corrected chi connectivity index (χ1v) is 9.48. The van der Waals surface area contributed by atoms with Gasteiger partial charge >= 0.3 is 12.2 Å². The van der Waals surface area contributed by atoms with Gasteiger partial charge in [-0.2, -0.15) is 4.90 Å². The predicted molar refractivity (Wildman–Crippen MR) is 105 cm³/mol. The van der Waals surface area contributed by atoms with Crippen LogP contribution < -0.4 is 4.90 Å². The number of anilines is 1. The van der Waals surface area contributed by atoms with Crippen LogP contribution in [0.15, 0.2) is 12.7 Å². The average Bonchev–Trinajstić information content (AvgIpc) is 3.29. The zero-order chi connectivity index (χ0) is 21.4. The predicted octanol–water partition coefficient (Wildman–Crippen LogP) is 3.29. The number of fused-ring (bicyclic) bond motifs is 1. The van der Waals surface area contributed by atoms with Crippen LogP contribution in [0.1, 0.15) is 48.0 Å². The summed E-state index contributed by atoms with van der Waals surface area (Å²) in [6.45, 7) is 11.7. The summed E-state index contributed by atoms with van der Waals surface area (Å²) in [7, 11) is 0. The molecule has 0 spiro atoms. The van der Waals surface area contributed by atoms with Crippen LogP contribution in [0.25, 0.3) is 11.2 Å². The molecule has 0 aliphatic carbocycles. The zero-order valence-corrected chi connectivity index (χ0v) is 17.6. The summed E-state index contributed by atoms with van der Waals surface area (Å²) in [5.74, 6) is 0.0138. The number of aromatic nitrogens is 4. The van der Waals surface area contributed by atoms with E-state index in [1.54, 1.807) is 47.9 Å². The lowest BCUT2D eigenvalue weighted by Gasteiger charge is -2.28. The van der Waals surface area contributed by atoms with Gasteiger partial charge in [-0.25, -0.2) is 24.5 Å². The van der Waals surface area contributed by atoms with Crippen LogP contribution in [0.4, 0.5) is 15.4 Å². The van der Waals surface area contributed by atoms with Crippen molar-refractivity contribution in [3.8, 4) is 0 Å². The fraction of sp³-hybridized carbons (Fsp3) is 0.632. The number of imidazole rings is 1. The number of rotatable bonds is 4. The summed E-state index contributed by atoms with van der Waals surface area (Å²) >= 11 is 0. The van der Waals surface area contributed by atoms with Crippen LogP contribution in [-0.4, -0.2) is 55.6 Å². The number of imide groups is 1. The maximum Gasteiger partial charge on any atom is 0.425 e. The first-order valence-electron chi connectivity index (χ1n) is 9.48. The van der Waals surface area contributed by atoms with E-state index in [4.69, 9.17) is 14.2 Å². The molecule has 3 heterocycles. The summed E-state index contributed by atoms with van der Waals surface area (Å²) in [4.78, 5) is 39.2. The van der Waals surface area contributed by atoms with E-state index in [0.717, 1.165) is 17.9 Å². The second-order valence-corrected chi connectivity index (χ2v) is 8.85. The molecule has 0 bridgehead atoms. The number of aryl methyl sites for hydroxylation is 1. The largest absolute Gasteiger partial charge is 0.443 e. The zero-order valence-electron chi connectivity index (χ0n) is 17.6. The Bertz CT molecular complexity index is 880. The standard InChI is InChI=1S/C19H27N5O5/c1-18(2,3)28-16(25)24(17(26)29-19(4,5)6)15-13-14(20-10-21-15)23(11-22-13)8-7-12-9-27-12/h10-12H,7-9H2,1-6H3/t12-/m0/s1. The third-order valence-electron chi connectivity index (χ3n) is 3.84. The number of nitrogens with zero attached hydrogens (tertiary/aromatic N) is 5. The first-order chi connectivity index (χ1) is 13.4. The third kappa shape index (κ3) is 5.41. The number of ether oxygens (including phenoxy) is 3. The van der Waals surface area contributed by atoms with Crippen LogP contribution in [0, 0.1) is 0 Å². The van der Waals surface area contributed by atoms with Crippen LogP contribution in [0.3, 0.4) is 0 Å². The number of hydrogen-bond acceptors (Lipinski definition) is 8. The van der Waals surface area contributed by atoms with Crippen molar-refractivity contribution in [2.24, 2.45) is 0 Å². The van der Waals surface area contributed by atoms with Gasteiger partial charge in [0.25, 0.3) is 0 Å². The van der Waals surface area contributed by atoms with Crippen LogP contribution >= 0.6 is 0 Å². The minimum atomic E-state index is -0.896. The van der Waals surface area contributed by atoms with Crippen molar-refractivity contribution in [1.29, 1.82) is 0 Å². The lowest BCUT2D eigenvalue weighted by atomic mass is 10.2. The molecule has 2 amide bonds. The molecular formula is C19H27N5O5. The molecule has 0 unspecified atom stereocenters. The molecule has 1 aliphatic heterocycles. The summed E-state index contributed by atoms with van der Waals surface area (Å²) < 4.78 is 17.9. The molecule has 3 rings (SSSR count). The van der Waals surface area contributed by atoms with Gasteiger partial charge in [0, 0.05) is 6.54 Å². The van der Waals surface area contributed by atoms with Crippen LogP contribution in [-0.2, 0) is 20.8 Å². The molecular weight excluding hydrogens is 378 g/mol. The second kappa shape index (κ2) is 7.58. The van der Waals surface area contributed by atoms with Gasteiger partial charge in [-0.3, -0.25) is 0 Å². The molecule has 0 N–H and O–H groups in total. The van der Waals surface area contributed by atoms with Gasteiger partial charge in [0.2, 0.25) is 0 Å². The van der Waals surface area contributed by atoms with Crippen molar-refractivity contribution in [2.45, 2.75) is 71.8 Å². The smallest absolute Gasteiger partial charge is 0.425 e. The van der Waals surface area contributed by atoms with E-state index in [2.05, 4.69) is 15.0 Å². The minimum absolute atomic E-state index is 0.0138. The molecule has 0 saturated carbocycles. The quantitative estimate of drug-likeness (QED) is 0.712. The molecule has 2 aromatic heterocycles. The number of hydrogen-bond donors (Lipinski definition) is 0. The van der Waals surface area contributed by atoms with Crippen molar-refractivity contribution >= 4 is 29.2 Å². The van der Waals surface area contributed by atoms with Gasteiger partial charge in [0.1, 0.15) is 17.5 Å². The van der Waals surface area contributed by atoms with Gasteiger partial charge in [-0.05, 0) is 48.0 Å². The Morgan fingerprint density at radius 2 is 1.69 bits per heavy atom. The molecule has 29 heavy (non-hydrogen) atoms. The molecule has 10 nitrogen and oxygen atoms in total. The van der Waals surface area contributed by atoms with E-state index < -0.39 is 23.4 Å². The molecule has 1 fully saturated rings. The lowest BCUT2D eigenvalue weighted by Crippen LogP contribution is -2.44. The minimum Gasteiger partial charge on any atom is -0.443 e. The number of carbonyl (C=O) groups excluding carboxylic acids is 2. The van der Waals surface area contributed by atoms with Gasteiger partial charge in [-0.1, -0.05) is 0 Å². The van der Waals surface area contributed by atoms with E-state index in [-0.39, 0.29) is 11.9 Å². The fourth-order valence-corrected chi connectivity index (χ4v) is 2.58. The van der Waals surface area contributed by atoms with Crippen molar-refractivity contribution in [3.05, 3.63) is 12.7 Å². The molecule has 0 radical (unpaired) electrons. The Balaban J connectivity index is 1.98. The molecule has 2 aromatic rings. The highest BCUT2D eigenvalue weighted by atomic mass is 16.6. The topological polar surface area (TPSA) is 112 Å². The van der Waals surface area contributed by atoms with Gasteiger partial charge in [0.15, 0.2) is 17.0 Å². The van der Waals surface area contributed by atoms with Crippen LogP contribution in [0.2, 0.25) is 0 Å². The Kier molecular flexibility index (Phi) is 5.48. The van der Waals surface area contributed by atoms with Crippen molar-refractivity contribution in [3.63, 3.8) is 0 Å². The molecule has 1 atom stereocenters. The fourth-order valence-electron chi connectivity index (χ4n) is 2.58. The third-order valence-corrected chi connectivity index (χ3v) is 3.84. The highest BCUT2D eigenvalue weighted by molar-refractivity contribution is 6.12. The van der Waals surface area contributed by atoms with Crippen molar-refractivity contribution in [2.75, 3.05) is 11.5 Å². The first kappa shape index (κ1) is 21.0. The Morgan fingerprint density at radius 1 is 1.10 bits per heavy atom. The second-order valence-electron chi connectivity index (χ2n) is 8.85. The number of epoxide rings is 1. The van der Waals surface area contributed by atoms with Crippen molar-refractivity contribution in [1.82, 2.24) is 19.5 Å². The Labute approximate surface area is 169 Å². The highest BCUT2D eigenvalue weighted by Crippen LogP contribution is 2.26. The van der Waals surface area contributed by atoms with Crippen LogP contribution in [0.5, 0.6) is 0 Å². The maximum atomic E-state index is 12.9. The molecule has 10 heteroatoms. The molecule has 1 aliphatic rings. The Morgan fingerprint density at radius 3 is 2.21 bits per heavy atom. The SMILES string of the molecule is CC(C)(C)OC(=O)N(C(=O)OC(C)(C)C)c1ncnc2c1ncn2CC[C@H]1CO1. The van der Waals surface area contributed by atoms with E-state index >= 15 is 0 Å². The maximum absolute atomic E-state index is 12.9. The van der Waals surface area contributed by atoms with Gasteiger partial charge < -0.3 is 18.8 Å². The van der Waals surface area contributed by atoms with Gasteiger partial charge in [-0.15, -0.1) is 0 Å². The van der Waals surface area contributed by atoms with Crippen molar-refractivity contribution < 1.29 is 23.8 Å². The monoisotopic (exact) mass is 405 g/mol. The number of carbonyl (C=O) groups is 2. The molecule has 1 saturated heterocycles. The highest BCUT2D eigenvalue weighted by Gasteiger charge is 2.35. The molecule has 158 valence electrons. The Hall–Kier alpha value is -2.75. The summed E-state index contributed by atoms with van der Waals surface area (Å²) in [6, 6.07) is 0. The van der Waals surface area contributed by atoms with E-state index in [1.165, 1.54) is 6.33 Å². The van der Waals surface area contributed by atoms with E-state index in [1.807, 2.05) is 4.57 Å². The number of amides is 2. The normalized spacial score (nSPS) is 16.6. The summed E-state index contributed by atoms with van der Waals surface area (Å²) in [5, 5.41) is 0. The molecule has 0 aromatic carbocycles. The average molecular weight is 405 g/mol. The summed E-state index contributed by atoms with van der Waals surface area (Å²) in [6.07, 6.45) is 2.18. The van der Waals surface area contributed by atoms with E-state index in [9.17, 15) is 9.59 Å².